The summed E-state index contributed by atoms with van der Waals surface area (Å²) in [6.45, 7) is 2.61. The van der Waals surface area contributed by atoms with E-state index in [1.165, 1.54) is 24.2 Å². The summed E-state index contributed by atoms with van der Waals surface area (Å²) in [5.74, 6) is 0.105. The fourth-order valence-electron chi connectivity index (χ4n) is 3.57. The van der Waals surface area contributed by atoms with E-state index in [1.807, 2.05) is 6.07 Å². The summed E-state index contributed by atoms with van der Waals surface area (Å²) < 4.78 is 24.4. The Morgan fingerprint density at radius 3 is 2.81 bits per heavy atom. The van der Waals surface area contributed by atoms with Gasteiger partial charge in [0, 0.05) is 25.1 Å². The van der Waals surface area contributed by atoms with Crippen LogP contribution in [-0.4, -0.2) is 30.3 Å². The van der Waals surface area contributed by atoms with Crippen LogP contribution in [0.3, 0.4) is 0 Å². The lowest BCUT2D eigenvalue weighted by Crippen LogP contribution is -2.23. The van der Waals surface area contributed by atoms with E-state index in [0.29, 0.717) is 24.4 Å². The topological polar surface area (TPSA) is 38.8 Å². The number of Topliss-reactive ketones (excluding diaryl/α,β-unsaturated/α-hetero) is 1. The Balaban J connectivity index is 1.36. The number of nitrogens with zero attached hydrogens (tertiary/aromatic N) is 1. The largest absolute Gasteiger partial charge is 0.458 e. The van der Waals surface area contributed by atoms with Gasteiger partial charge in [-0.3, -0.25) is 4.79 Å². The minimum atomic E-state index is -0.583. The van der Waals surface area contributed by atoms with Crippen LogP contribution in [0.5, 0.6) is 11.5 Å². The average molecular weight is 353 g/mol. The molecule has 0 amide bonds. The van der Waals surface area contributed by atoms with E-state index in [9.17, 15) is 9.18 Å². The van der Waals surface area contributed by atoms with Crippen molar-refractivity contribution in [3.63, 3.8) is 0 Å². The zero-order valence-electron chi connectivity index (χ0n) is 14.4. The number of hydrogen-bond donors (Lipinski definition) is 0. The second-order valence-electron chi connectivity index (χ2n) is 6.66. The number of carbonyl (C=O) groups is 1. The quantitative estimate of drug-likeness (QED) is 0.758. The van der Waals surface area contributed by atoms with E-state index in [2.05, 4.69) is 29.2 Å². The van der Waals surface area contributed by atoms with Gasteiger partial charge in [0.25, 0.3) is 0 Å². The maximum absolute atomic E-state index is 14.1. The van der Waals surface area contributed by atoms with E-state index < -0.39 is 5.82 Å². The fraction of sp³-hybridized carbons (Fsp3) is 0.286. The first-order chi connectivity index (χ1) is 12.7. The summed E-state index contributed by atoms with van der Waals surface area (Å²) in [5, 5.41) is 0. The molecule has 1 atom stereocenters. The third kappa shape index (κ3) is 3.48. The standard InChI is InChI=1S/C21H20FNO3/c22-18-12-17(13-20-21(18)26-11-10-25-20)19(24)7-9-23-8-6-16(14-23)15-4-2-1-3-5-15/h1-5,10-13,16H,6-9,14H2. The molecule has 0 radical (unpaired) electrons. The van der Waals surface area contributed by atoms with Gasteiger partial charge in [-0.05, 0) is 36.6 Å². The van der Waals surface area contributed by atoms with Crippen molar-refractivity contribution in [3.8, 4) is 11.5 Å². The molecule has 5 heteroatoms. The van der Waals surface area contributed by atoms with Crippen molar-refractivity contribution in [2.24, 2.45) is 0 Å². The Bertz CT molecular complexity index is 835. The van der Waals surface area contributed by atoms with E-state index in [1.54, 1.807) is 6.07 Å². The predicted octanol–water partition coefficient (Wildman–Crippen LogP) is 4.13. The normalized spacial score (nSPS) is 18.9. The molecule has 1 unspecified atom stereocenters. The summed E-state index contributed by atoms with van der Waals surface area (Å²) >= 11 is 0. The molecule has 0 saturated carbocycles. The maximum Gasteiger partial charge on any atom is 0.204 e. The van der Waals surface area contributed by atoms with Gasteiger partial charge in [0.05, 0.1) is 0 Å². The molecule has 0 N–H and O–H groups in total. The lowest BCUT2D eigenvalue weighted by Gasteiger charge is -2.17. The van der Waals surface area contributed by atoms with Crippen molar-refractivity contribution in [2.75, 3.05) is 19.6 Å². The monoisotopic (exact) mass is 353 g/mol. The van der Waals surface area contributed by atoms with Crippen LogP contribution in [0.15, 0.2) is 55.0 Å². The molecule has 1 saturated heterocycles. The number of fused-ring (bicyclic) bond motifs is 1. The summed E-state index contributed by atoms with van der Waals surface area (Å²) in [5.41, 5.74) is 1.67. The van der Waals surface area contributed by atoms with Crippen LogP contribution < -0.4 is 9.47 Å². The van der Waals surface area contributed by atoms with E-state index in [-0.39, 0.29) is 17.3 Å². The molecular formula is C21H20FNO3. The van der Waals surface area contributed by atoms with Gasteiger partial charge in [-0.15, -0.1) is 0 Å². The van der Waals surface area contributed by atoms with Crippen LogP contribution in [0.25, 0.3) is 0 Å². The Morgan fingerprint density at radius 2 is 1.96 bits per heavy atom. The van der Waals surface area contributed by atoms with E-state index in [4.69, 9.17) is 9.47 Å². The van der Waals surface area contributed by atoms with Gasteiger partial charge in [-0.1, -0.05) is 30.3 Å². The summed E-state index contributed by atoms with van der Waals surface area (Å²) in [6, 6.07) is 13.2. The number of ether oxygens (including phenoxy) is 2. The van der Waals surface area contributed by atoms with Crippen LogP contribution in [-0.2, 0) is 0 Å². The van der Waals surface area contributed by atoms with Crippen LogP contribution in [0.1, 0.15) is 34.7 Å². The van der Waals surface area contributed by atoms with Gasteiger partial charge in [0.2, 0.25) is 5.75 Å². The summed E-state index contributed by atoms with van der Waals surface area (Å²) in [6.07, 6.45) is 4.05. The lowest BCUT2D eigenvalue weighted by molar-refractivity contribution is 0.0967. The number of halogens is 1. The van der Waals surface area contributed by atoms with Gasteiger partial charge in [-0.25, -0.2) is 4.39 Å². The highest BCUT2D eigenvalue weighted by Gasteiger charge is 2.24. The number of hydrogen-bond acceptors (Lipinski definition) is 4. The summed E-state index contributed by atoms with van der Waals surface area (Å²) in [7, 11) is 0. The van der Waals surface area contributed by atoms with Gasteiger partial charge >= 0.3 is 0 Å². The molecule has 0 spiro atoms. The average Bonchev–Trinajstić information content (AvgIpc) is 3.16. The van der Waals surface area contributed by atoms with Crippen LogP contribution in [0.2, 0.25) is 0 Å². The van der Waals surface area contributed by atoms with Crippen molar-refractivity contribution in [3.05, 3.63) is 71.9 Å². The minimum absolute atomic E-state index is 0.0225. The predicted molar refractivity (Wildman–Crippen MR) is 96.0 cm³/mol. The second-order valence-corrected chi connectivity index (χ2v) is 6.66. The lowest BCUT2D eigenvalue weighted by atomic mass is 9.99. The Kier molecular flexibility index (Phi) is 4.71. The molecule has 1 fully saturated rings. The smallest absolute Gasteiger partial charge is 0.204 e. The number of carbonyl (C=O) groups excluding carboxylic acids is 1. The maximum atomic E-state index is 14.1. The van der Waals surface area contributed by atoms with E-state index in [0.717, 1.165) is 19.5 Å². The first kappa shape index (κ1) is 16.8. The Hall–Kier alpha value is -2.66. The van der Waals surface area contributed by atoms with E-state index >= 15 is 0 Å². The second kappa shape index (κ2) is 7.30. The fourth-order valence-corrected chi connectivity index (χ4v) is 3.57. The third-order valence-corrected chi connectivity index (χ3v) is 4.97. The van der Waals surface area contributed by atoms with Crippen LogP contribution in [0, 0.1) is 5.82 Å². The van der Waals surface area contributed by atoms with Crippen molar-refractivity contribution in [1.29, 1.82) is 0 Å². The number of ketones is 1. The van der Waals surface area contributed by atoms with Crippen molar-refractivity contribution < 1.29 is 18.7 Å². The number of likely N-dealkylation sites (tertiary alicyclic amines) is 1. The molecule has 0 bridgehead atoms. The highest BCUT2D eigenvalue weighted by Crippen LogP contribution is 2.35. The number of benzene rings is 2. The Labute approximate surface area is 151 Å². The zero-order chi connectivity index (χ0) is 17.9. The molecule has 134 valence electrons. The molecular weight excluding hydrogens is 333 g/mol. The number of rotatable bonds is 5. The molecule has 4 rings (SSSR count). The molecule has 2 aromatic carbocycles. The van der Waals surface area contributed by atoms with Crippen LogP contribution >= 0.6 is 0 Å². The van der Waals surface area contributed by atoms with Gasteiger partial charge in [0.1, 0.15) is 12.5 Å². The third-order valence-electron chi connectivity index (χ3n) is 4.97. The molecule has 26 heavy (non-hydrogen) atoms. The molecule has 2 aromatic rings. The molecule has 4 nitrogen and oxygen atoms in total. The minimum Gasteiger partial charge on any atom is -0.458 e. The molecule has 2 heterocycles. The first-order valence-corrected chi connectivity index (χ1v) is 8.83. The highest BCUT2D eigenvalue weighted by atomic mass is 19.1. The van der Waals surface area contributed by atoms with Gasteiger partial charge in [-0.2, -0.15) is 0 Å². The first-order valence-electron chi connectivity index (χ1n) is 8.83. The van der Waals surface area contributed by atoms with Gasteiger partial charge in [0.15, 0.2) is 17.3 Å². The zero-order valence-corrected chi connectivity index (χ0v) is 14.4. The SMILES string of the molecule is O=C(CCN1CCC(c2ccccc2)C1)c1cc(F)c2c(c1)OC=CO2. The molecule has 0 aromatic heterocycles. The molecule has 2 aliphatic heterocycles. The van der Waals surface area contributed by atoms with Crippen molar-refractivity contribution in [2.45, 2.75) is 18.8 Å². The molecule has 0 aliphatic carbocycles. The highest BCUT2D eigenvalue weighted by molar-refractivity contribution is 5.96. The van der Waals surface area contributed by atoms with Crippen molar-refractivity contribution in [1.82, 2.24) is 4.90 Å². The molecule has 2 aliphatic rings. The Morgan fingerprint density at radius 1 is 1.15 bits per heavy atom. The van der Waals surface area contributed by atoms with Crippen molar-refractivity contribution >= 4 is 5.78 Å². The van der Waals surface area contributed by atoms with Crippen LogP contribution in [0.4, 0.5) is 4.39 Å². The summed E-state index contributed by atoms with van der Waals surface area (Å²) in [4.78, 5) is 14.8. The van der Waals surface area contributed by atoms with Gasteiger partial charge < -0.3 is 14.4 Å².